The van der Waals surface area contributed by atoms with Crippen LogP contribution in [0.4, 0.5) is 16.2 Å². The second kappa shape index (κ2) is 9.82. The number of allylic oxidation sites excluding steroid dienone is 1. The minimum atomic E-state index is -0.435. The Morgan fingerprint density at radius 1 is 1.09 bits per heavy atom. The second-order valence-corrected chi connectivity index (χ2v) is 7.95. The Labute approximate surface area is 193 Å². The molecule has 168 valence electrons. The number of carbonyl (C=O) groups is 2. The van der Waals surface area contributed by atoms with Crippen LogP contribution < -0.4 is 16.0 Å². The molecule has 2 aromatic rings. The van der Waals surface area contributed by atoms with Crippen molar-refractivity contribution >= 4 is 40.7 Å². The first-order chi connectivity index (χ1) is 15.3. The van der Waals surface area contributed by atoms with Crippen molar-refractivity contribution in [2.75, 3.05) is 24.3 Å². The third-order valence-electron chi connectivity index (χ3n) is 5.67. The first-order valence-corrected chi connectivity index (χ1v) is 10.8. The van der Waals surface area contributed by atoms with E-state index in [1.54, 1.807) is 12.1 Å². The Bertz CT molecular complexity index is 1080. The number of hydrogen-bond donors (Lipinski definition) is 3. The maximum absolute atomic E-state index is 12.5. The highest BCUT2D eigenvalue weighted by atomic mass is 32.1. The number of ether oxygens (including phenoxy) is 1. The maximum atomic E-state index is 12.5. The van der Waals surface area contributed by atoms with Gasteiger partial charge in [0, 0.05) is 23.6 Å². The van der Waals surface area contributed by atoms with Crippen LogP contribution in [-0.4, -0.2) is 35.7 Å². The molecule has 0 unspecified atom stereocenters. The number of aryl methyl sites for hydroxylation is 1. The van der Waals surface area contributed by atoms with Gasteiger partial charge >= 0.3 is 12.0 Å². The van der Waals surface area contributed by atoms with E-state index in [2.05, 4.69) is 16.0 Å². The highest BCUT2D eigenvalue weighted by Gasteiger charge is 2.33. The SMILES string of the molecule is CCN1C(=S)N[C@H](c2ccc(NC(=O)Nc3cccc(C)c3C)cc2)C(C(=O)OC)=C1C. The molecule has 3 rings (SSSR count). The number of anilines is 2. The first-order valence-electron chi connectivity index (χ1n) is 10.4. The molecule has 0 radical (unpaired) electrons. The zero-order valence-electron chi connectivity index (χ0n) is 18.9. The van der Waals surface area contributed by atoms with E-state index >= 15 is 0 Å². The lowest BCUT2D eigenvalue weighted by Crippen LogP contribution is -2.47. The molecular formula is C24H28N4O3S. The predicted octanol–water partition coefficient (Wildman–Crippen LogP) is 4.65. The molecule has 1 atom stereocenters. The van der Waals surface area contributed by atoms with Crippen molar-refractivity contribution in [3.05, 3.63) is 70.4 Å². The van der Waals surface area contributed by atoms with Crippen molar-refractivity contribution in [1.82, 2.24) is 10.2 Å². The average molecular weight is 453 g/mol. The Morgan fingerprint density at radius 3 is 2.41 bits per heavy atom. The van der Waals surface area contributed by atoms with Crippen molar-refractivity contribution in [3.8, 4) is 0 Å². The van der Waals surface area contributed by atoms with Crippen LogP contribution in [0, 0.1) is 13.8 Å². The van der Waals surface area contributed by atoms with Gasteiger partial charge in [-0.3, -0.25) is 0 Å². The van der Waals surface area contributed by atoms with E-state index in [0.29, 0.717) is 22.9 Å². The summed E-state index contributed by atoms with van der Waals surface area (Å²) in [6.07, 6.45) is 0. The Kier molecular flexibility index (Phi) is 7.15. The highest BCUT2D eigenvalue weighted by molar-refractivity contribution is 7.80. The molecule has 8 heteroatoms. The normalized spacial score (nSPS) is 15.8. The van der Waals surface area contributed by atoms with Crippen LogP contribution >= 0.6 is 12.2 Å². The number of esters is 1. The lowest BCUT2D eigenvalue weighted by molar-refractivity contribution is -0.136. The third kappa shape index (κ3) is 4.75. The van der Waals surface area contributed by atoms with Gasteiger partial charge in [0.15, 0.2) is 5.11 Å². The van der Waals surface area contributed by atoms with Gasteiger partial charge in [-0.25, -0.2) is 9.59 Å². The van der Waals surface area contributed by atoms with Crippen molar-refractivity contribution < 1.29 is 14.3 Å². The number of hydrogen-bond acceptors (Lipinski definition) is 4. The number of urea groups is 1. The van der Waals surface area contributed by atoms with Gasteiger partial charge in [-0.05, 0) is 74.8 Å². The zero-order valence-corrected chi connectivity index (χ0v) is 19.7. The van der Waals surface area contributed by atoms with Crippen LogP contribution in [0.5, 0.6) is 0 Å². The van der Waals surface area contributed by atoms with Gasteiger partial charge in [-0.2, -0.15) is 0 Å². The zero-order chi connectivity index (χ0) is 23.4. The van der Waals surface area contributed by atoms with Crippen LogP contribution in [-0.2, 0) is 9.53 Å². The molecule has 0 aliphatic carbocycles. The minimum Gasteiger partial charge on any atom is -0.466 e. The van der Waals surface area contributed by atoms with Crippen molar-refractivity contribution in [1.29, 1.82) is 0 Å². The second-order valence-electron chi connectivity index (χ2n) is 7.57. The number of nitrogens with one attached hydrogen (secondary N) is 3. The Hall–Kier alpha value is -3.39. The molecule has 7 nitrogen and oxygen atoms in total. The van der Waals surface area contributed by atoms with Gasteiger partial charge in [0.25, 0.3) is 0 Å². The molecule has 32 heavy (non-hydrogen) atoms. The van der Waals surface area contributed by atoms with Crippen LogP contribution in [0.1, 0.15) is 36.6 Å². The van der Waals surface area contributed by atoms with Crippen LogP contribution in [0.25, 0.3) is 0 Å². The number of benzene rings is 2. The highest BCUT2D eigenvalue weighted by Crippen LogP contribution is 2.31. The van der Waals surface area contributed by atoms with E-state index in [1.165, 1.54) is 7.11 Å². The monoisotopic (exact) mass is 452 g/mol. The maximum Gasteiger partial charge on any atom is 0.337 e. The summed E-state index contributed by atoms with van der Waals surface area (Å²) in [6, 6.07) is 12.3. The fraction of sp³-hybridized carbons (Fsp3) is 0.292. The van der Waals surface area contributed by atoms with E-state index in [0.717, 1.165) is 28.1 Å². The largest absolute Gasteiger partial charge is 0.466 e. The summed E-state index contributed by atoms with van der Waals surface area (Å²) in [6.45, 7) is 8.44. The molecule has 0 spiro atoms. The topological polar surface area (TPSA) is 82.7 Å². The van der Waals surface area contributed by atoms with Crippen LogP contribution in [0.2, 0.25) is 0 Å². The van der Waals surface area contributed by atoms with E-state index in [-0.39, 0.29) is 6.03 Å². The molecular weight excluding hydrogens is 424 g/mol. The van der Waals surface area contributed by atoms with Gasteiger partial charge in [-0.1, -0.05) is 24.3 Å². The molecule has 1 aliphatic rings. The molecule has 0 saturated heterocycles. The summed E-state index contributed by atoms with van der Waals surface area (Å²) < 4.78 is 5.02. The quantitative estimate of drug-likeness (QED) is 0.453. The molecule has 0 saturated carbocycles. The third-order valence-corrected chi connectivity index (χ3v) is 6.01. The number of carbonyl (C=O) groups excluding carboxylic acids is 2. The molecule has 2 aromatic carbocycles. The van der Waals surface area contributed by atoms with E-state index in [1.807, 2.05) is 62.9 Å². The van der Waals surface area contributed by atoms with Crippen molar-refractivity contribution in [3.63, 3.8) is 0 Å². The lowest BCUT2D eigenvalue weighted by atomic mass is 9.95. The summed E-state index contributed by atoms with van der Waals surface area (Å²) in [4.78, 5) is 26.8. The number of rotatable bonds is 5. The Morgan fingerprint density at radius 2 is 1.78 bits per heavy atom. The smallest absolute Gasteiger partial charge is 0.337 e. The van der Waals surface area contributed by atoms with Crippen LogP contribution in [0.15, 0.2) is 53.7 Å². The van der Waals surface area contributed by atoms with Gasteiger partial charge in [-0.15, -0.1) is 0 Å². The van der Waals surface area contributed by atoms with Gasteiger partial charge in [0.05, 0.1) is 18.7 Å². The van der Waals surface area contributed by atoms with Gasteiger partial charge in [0.1, 0.15) is 0 Å². The van der Waals surface area contributed by atoms with Crippen LogP contribution in [0.3, 0.4) is 0 Å². The predicted molar refractivity (Wildman–Crippen MR) is 131 cm³/mol. The molecule has 0 bridgehead atoms. The fourth-order valence-corrected chi connectivity index (χ4v) is 4.10. The van der Waals surface area contributed by atoms with E-state index < -0.39 is 12.0 Å². The number of nitrogens with zero attached hydrogens (tertiary/aromatic N) is 1. The summed E-state index contributed by atoms with van der Waals surface area (Å²) in [7, 11) is 1.37. The number of thiocarbonyl (C=S) groups is 1. The summed E-state index contributed by atoms with van der Waals surface area (Å²) >= 11 is 5.48. The van der Waals surface area contributed by atoms with Crippen molar-refractivity contribution in [2.45, 2.75) is 33.7 Å². The van der Waals surface area contributed by atoms with Gasteiger partial charge in [0.2, 0.25) is 0 Å². The van der Waals surface area contributed by atoms with E-state index in [9.17, 15) is 9.59 Å². The van der Waals surface area contributed by atoms with Crippen molar-refractivity contribution in [2.24, 2.45) is 0 Å². The fourth-order valence-electron chi connectivity index (χ4n) is 3.72. The molecule has 0 fully saturated rings. The van der Waals surface area contributed by atoms with Gasteiger partial charge < -0.3 is 25.6 Å². The molecule has 3 N–H and O–H groups in total. The minimum absolute atomic E-state index is 0.326. The molecule has 0 aromatic heterocycles. The number of methoxy groups -OCH3 is 1. The van der Waals surface area contributed by atoms with E-state index in [4.69, 9.17) is 17.0 Å². The standard InChI is InChI=1S/C24H28N4O3S/c1-6-28-16(4)20(22(29)31-5)21(27-24(28)32)17-10-12-18(13-11-17)25-23(30)26-19-9-7-8-14(2)15(19)3/h7-13,21H,6H2,1-5H3,(H,27,32)(H2,25,26,30)/t21-/m1/s1. The number of amides is 2. The lowest BCUT2D eigenvalue weighted by Gasteiger charge is -2.36. The summed E-state index contributed by atoms with van der Waals surface area (Å²) in [5.74, 6) is -0.406. The first kappa shape index (κ1) is 23.3. The Balaban J connectivity index is 1.79. The molecule has 2 amide bonds. The molecule has 1 aliphatic heterocycles. The summed E-state index contributed by atoms with van der Waals surface area (Å²) in [5, 5.41) is 9.50. The average Bonchev–Trinajstić information content (AvgIpc) is 2.77. The molecule has 1 heterocycles. The summed E-state index contributed by atoms with van der Waals surface area (Å²) in [5.41, 5.74) is 5.64.